The van der Waals surface area contributed by atoms with Crippen LogP contribution in [0.15, 0.2) is 152 Å². The number of aryl methyl sites for hydroxylation is 2. The molecule has 282 valence electrons. The van der Waals surface area contributed by atoms with Crippen LogP contribution in [0.2, 0.25) is 39.3 Å². The molecule has 0 nitrogen and oxygen atoms in total. The van der Waals surface area contributed by atoms with Gasteiger partial charge in [0.2, 0.25) is 0 Å². The molecule has 0 bridgehead atoms. The maximum Gasteiger partial charge on any atom is 0.0920 e. The molecule has 0 unspecified atom stereocenters. The Kier molecular flexibility index (Phi) is 14.0. The summed E-state index contributed by atoms with van der Waals surface area (Å²) in [7, 11) is 7.98. The van der Waals surface area contributed by atoms with Crippen molar-refractivity contribution in [3.8, 4) is 33.4 Å². The molecule has 0 fully saturated rings. The van der Waals surface area contributed by atoms with Crippen LogP contribution in [0, 0.1) is 19.9 Å². The Balaban J connectivity index is 0.000000140. The minimum Gasteiger partial charge on any atom is -0.184 e. The molecule has 0 aliphatic carbocycles. The van der Waals surface area contributed by atoms with Crippen molar-refractivity contribution < 1.29 is 20.8 Å². The van der Waals surface area contributed by atoms with Crippen LogP contribution in [-0.2, 0) is 20.8 Å². The molecule has 1 aliphatic heterocycles. The van der Waals surface area contributed by atoms with E-state index in [9.17, 15) is 0 Å². The smallest absolute Gasteiger partial charge is 0.0920 e. The van der Waals surface area contributed by atoms with Gasteiger partial charge in [-0.2, -0.15) is 41.6 Å². The Morgan fingerprint density at radius 1 is 0.500 bits per heavy atom. The van der Waals surface area contributed by atoms with Gasteiger partial charge >= 0.3 is 37.9 Å². The first-order chi connectivity index (χ1) is 26.8. The van der Waals surface area contributed by atoms with E-state index in [1.165, 1.54) is 76.4 Å². The Morgan fingerprint density at radius 2 is 0.911 bits per heavy atom. The molecule has 8 aromatic rings. The van der Waals surface area contributed by atoms with Crippen LogP contribution >= 0.6 is 17.0 Å². The molecule has 1 heterocycles. The fraction of sp³-hybridized carbons (Fsp3) is 0.160. The second-order valence-electron chi connectivity index (χ2n) is 16.5. The van der Waals surface area contributed by atoms with Crippen molar-refractivity contribution in [1.29, 1.82) is 0 Å². The molecule has 0 amide bonds. The van der Waals surface area contributed by atoms with Crippen molar-refractivity contribution >= 4 is 85.0 Å². The van der Waals surface area contributed by atoms with Crippen LogP contribution < -0.4 is 20.7 Å². The average Bonchev–Trinajstić information content (AvgIpc) is 3.88. The van der Waals surface area contributed by atoms with Crippen LogP contribution in [0.25, 0.3) is 54.9 Å². The molecule has 0 aromatic heterocycles. The van der Waals surface area contributed by atoms with Gasteiger partial charge in [0, 0.05) is 0 Å². The molecule has 0 saturated heterocycles. The van der Waals surface area contributed by atoms with Gasteiger partial charge in [0.05, 0.1) is 25.7 Å². The molecule has 56 heavy (non-hydrogen) atoms. The first-order valence-corrected chi connectivity index (χ1v) is 33.5. The Labute approximate surface area is 358 Å². The summed E-state index contributed by atoms with van der Waals surface area (Å²) in [5.74, 6) is 0. The molecule has 9 rings (SSSR count). The summed E-state index contributed by atoms with van der Waals surface area (Å²) < 4.78 is 0. The summed E-state index contributed by atoms with van der Waals surface area (Å²) in [6, 6.07) is 58.5. The van der Waals surface area contributed by atoms with E-state index in [0.717, 1.165) is 9.52 Å². The maximum atomic E-state index is 4.93. The van der Waals surface area contributed by atoms with Crippen LogP contribution in [0.3, 0.4) is 0 Å². The van der Waals surface area contributed by atoms with E-state index in [0.29, 0.717) is 0 Å². The van der Waals surface area contributed by atoms with Gasteiger partial charge in [-0.1, -0.05) is 170 Å². The van der Waals surface area contributed by atoms with Gasteiger partial charge < -0.3 is 0 Å². The third kappa shape index (κ3) is 9.84. The van der Waals surface area contributed by atoms with Gasteiger partial charge in [-0.25, -0.2) is 0 Å². The number of fused-ring (bicyclic) bond motifs is 5. The van der Waals surface area contributed by atoms with E-state index in [2.05, 4.69) is 205 Å². The second kappa shape index (κ2) is 18.5. The van der Waals surface area contributed by atoms with E-state index < -0.39 is 37.0 Å². The predicted octanol–water partition coefficient (Wildman–Crippen LogP) is 12.7. The van der Waals surface area contributed by atoms with Crippen molar-refractivity contribution in [1.82, 2.24) is 0 Å². The van der Waals surface area contributed by atoms with Crippen molar-refractivity contribution in [2.75, 3.05) is 0 Å². The van der Waals surface area contributed by atoms with Crippen LogP contribution in [0.4, 0.5) is 0 Å². The van der Waals surface area contributed by atoms with E-state index in [4.69, 9.17) is 17.0 Å². The van der Waals surface area contributed by atoms with Gasteiger partial charge in [0.25, 0.3) is 0 Å². The molecular weight excluding hydrogens is 847 g/mol. The molecule has 1 aliphatic rings. The summed E-state index contributed by atoms with van der Waals surface area (Å²) in [4.78, 5) is 0. The molecule has 0 spiro atoms. The normalized spacial score (nSPS) is 11.7. The summed E-state index contributed by atoms with van der Waals surface area (Å²) >= 11 is -0.826. The number of benzene rings is 6. The van der Waals surface area contributed by atoms with Gasteiger partial charge in [0.1, 0.15) is 0 Å². The van der Waals surface area contributed by atoms with Crippen molar-refractivity contribution in [2.45, 2.75) is 53.1 Å². The zero-order valence-electron chi connectivity index (χ0n) is 33.7. The SMILES string of the molecule is Cc1cc2c(-c3ccccc3[Si](C)(C)C)cccc2[cH-]1.Cc1cc2c(-c3ccccc3[Si](C)(C)C)cccc2[cH-]1.[Cl][Zr][Cl].[c-]1cccc2c1[Si]c1ccccc1-2. The average molecular weight is 896 g/mol. The van der Waals surface area contributed by atoms with Crippen molar-refractivity contribution in [3.05, 3.63) is 169 Å². The number of hydrogen-bond donors (Lipinski definition) is 0. The van der Waals surface area contributed by atoms with Gasteiger partial charge in [0.15, 0.2) is 0 Å². The molecule has 0 atom stereocenters. The molecule has 2 radical (unpaired) electrons. The van der Waals surface area contributed by atoms with E-state index >= 15 is 0 Å². The maximum absolute atomic E-state index is 4.93. The zero-order valence-corrected chi connectivity index (χ0v) is 40.7. The van der Waals surface area contributed by atoms with Gasteiger partial charge in [-0.05, 0) is 11.1 Å². The Morgan fingerprint density at radius 3 is 1.39 bits per heavy atom. The third-order valence-corrected chi connectivity index (χ3v) is 15.6. The Bertz CT molecular complexity index is 2390. The number of rotatable bonds is 4. The van der Waals surface area contributed by atoms with E-state index in [1.807, 2.05) is 6.07 Å². The first kappa shape index (κ1) is 42.3. The number of hydrogen-bond acceptors (Lipinski definition) is 0. The first-order valence-electron chi connectivity index (χ1n) is 19.2. The van der Waals surface area contributed by atoms with E-state index in [-0.39, 0.29) is 0 Å². The summed E-state index contributed by atoms with van der Waals surface area (Å²) in [6.07, 6.45) is 0. The minimum absolute atomic E-state index is 0.795. The fourth-order valence-electron chi connectivity index (χ4n) is 7.71. The third-order valence-electron chi connectivity index (χ3n) is 10.2. The topological polar surface area (TPSA) is 0 Å². The van der Waals surface area contributed by atoms with Crippen LogP contribution in [0.1, 0.15) is 11.1 Å². The summed E-state index contributed by atoms with van der Waals surface area (Å²) in [5, 5.41) is 11.4. The van der Waals surface area contributed by atoms with Crippen LogP contribution in [0.5, 0.6) is 0 Å². The molecular formula is C50H49Cl2Si3Zr-3. The summed E-state index contributed by atoms with van der Waals surface area (Å²) in [6.45, 7) is 18.9. The fourth-order valence-corrected chi connectivity index (χ4v) is 12.3. The second-order valence-corrected chi connectivity index (χ2v) is 31.6. The predicted molar refractivity (Wildman–Crippen MR) is 253 cm³/mol. The monoisotopic (exact) mass is 893 g/mol. The largest absolute Gasteiger partial charge is 0.184 e. The molecule has 8 aromatic carbocycles. The van der Waals surface area contributed by atoms with Crippen LogP contribution in [-0.4, -0.2) is 25.7 Å². The van der Waals surface area contributed by atoms with Crippen molar-refractivity contribution in [3.63, 3.8) is 0 Å². The van der Waals surface area contributed by atoms with Gasteiger partial charge in [-0.15, -0.1) is 74.6 Å². The minimum atomic E-state index is -1.34. The van der Waals surface area contributed by atoms with Crippen molar-refractivity contribution in [2.24, 2.45) is 0 Å². The Hall–Kier alpha value is -3.35. The zero-order chi connectivity index (χ0) is 40.0. The number of halogens is 2. The van der Waals surface area contributed by atoms with Gasteiger partial charge in [-0.3, -0.25) is 0 Å². The summed E-state index contributed by atoms with van der Waals surface area (Å²) in [5.41, 5.74) is 11.1. The van der Waals surface area contributed by atoms with E-state index in [1.54, 1.807) is 10.4 Å². The standard InChI is InChI=1S/2C19H21Si.C12H7Si.2ClH.Zr/c2*1-14-12-15-8-7-10-16(18(15)13-14)17-9-5-6-11-19(17)20(2,3)4;1-3-7-11-9(5-1)10-6-2-4-8-12(10)13-11;;;/h2*5-13H,1-4H3;1-7H;2*1H;/q3*-1;;;+2/p-2. The molecule has 0 N–H and O–H groups in total. The quantitative estimate of drug-likeness (QED) is 0.122. The molecule has 0 saturated carbocycles. The molecule has 6 heteroatoms.